The predicted octanol–water partition coefficient (Wildman–Crippen LogP) is 1.75. The molecule has 0 fully saturated rings. The molecule has 0 aliphatic rings. The summed E-state index contributed by atoms with van der Waals surface area (Å²) in [6, 6.07) is 7.37. The van der Waals surface area contributed by atoms with Crippen molar-refractivity contribution in [2.24, 2.45) is 0 Å². The second-order valence-corrected chi connectivity index (χ2v) is 4.24. The summed E-state index contributed by atoms with van der Waals surface area (Å²) in [5.41, 5.74) is 4.43. The zero-order valence-electron chi connectivity index (χ0n) is 10.5. The molecule has 0 atom stereocenters. The molecule has 4 heteroatoms. The number of aliphatic hydroxyl groups is 2. The molecule has 0 saturated heterocycles. The molecule has 0 unspecified atom stereocenters. The summed E-state index contributed by atoms with van der Waals surface area (Å²) in [5.74, 6) is 0. The molecule has 0 spiro atoms. The van der Waals surface area contributed by atoms with Crippen LogP contribution >= 0.6 is 0 Å². The van der Waals surface area contributed by atoms with Gasteiger partial charge in [-0.2, -0.15) is 0 Å². The van der Waals surface area contributed by atoms with Gasteiger partial charge in [-0.05, 0) is 26.0 Å². The quantitative estimate of drug-likeness (QED) is 0.863. The van der Waals surface area contributed by atoms with Crippen LogP contribution in [0.15, 0.2) is 24.3 Å². The van der Waals surface area contributed by atoms with Gasteiger partial charge < -0.3 is 10.2 Å². The van der Waals surface area contributed by atoms with E-state index < -0.39 is 0 Å². The number of aromatic nitrogens is 2. The zero-order chi connectivity index (χ0) is 13.1. The Bertz CT molecular complexity index is 516. The Morgan fingerprint density at radius 2 is 1.17 bits per heavy atom. The fourth-order valence-electron chi connectivity index (χ4n) is 1.84. The van der Waals surface area contributed by atoms with Gasteiger partial charge in [0.25, 0.3) is 0 Å². The van der Waals surface area contributed by atoms with Crippen molar-refractivity contribution in [2.45, 2.75) is 27.1 Å². The van der Waals surface area contributed by atoms with E-state index in [0.717, 1.165) is 11.4 Å². The number of hydrogen-bond donors (Lipinski definition) is 2. The molecule has 0 aromatic carbocycles. The summed E-state index contributed by atoms with van der Waals surface area (Å²) < 4.78 is 0. The van der Waals surface area contributed by atoms with Crippen molar-refractivity contribution in [1.82, 2.24) is 9.97 Å². The molecule has 2 rings (SSSR count). The third kappa shape index (κ3) is 2.39. The van der Waals surface area contributed by atoms with Crippen LogP contribution in [-0.4, -0.2) is 20.2 Å². The monoisotopic (exact) mass is 244 g/mol. The molecule has 0 saturated carbocycles. The Hall–Kier alpha value is -1.78. The third-order valence-electron chi connectivity index (χ3n) is 2.80. The van der Waals surface area contributed by atoms with Crippen molar-refractivity contribution in [2.75, 3.05) is 0 Å². The van der Waals surface area contributed by atoms with Gasteiger partial charge in [0.05, 0.1) is 24.6 Å². The smallest absolute Gasteiger partial charge is 0.0948 e. The highest BCUT2D eigenvalue weighted by Crippen LogP contribution is 2.24. The van der Waals surface area contributed by atoms with Gasteiger partial charge in [0, 0.05) is 22.5 Å². The van der Waals surface area contributed by atoms with Gasteiger partial charge in [-0.1, -0.05) is 12.1 Å². The van der Waals surface area contributed by atoms with Gasteiger partial charge in [-0.15, -0.1) is 0 Å². The lowest BCUT2D eigenvalue weighted by Crippen LogP contribution is -2.01. The topological polar surface area (TPSA) is 66.2 Å². The van der Waals surface area contributed by atoms with E-state index in [0.29, 0.717) is 22.5 Å². The van der Waals surface area contributed by atoms with Gasteiger partial charge in [0.2, 0.25) is 0 Å². The van der Waals surface area contributed by atoms with E-state index in [4.69, 9.17) is 0 Å². The lowest BCUT2D eigenvalue weighted by molar-refractivity contribution is 0.279. The van der Waals surface area contributed by atoms with Crippen LogP contribution in [0.25, 0.3) is 11.4 Å². The van der Waals surface area contributed by atoms with Crippen LogP contribution in [0.3, 0.4) is 0 Å². The fourth-order valence-corrected chi connectivity index (χ4v) is 1.84. The number of aliphatic hydroxyl groups excluding tert-OH is 2. The molecule has 0 bridgehead atoms. The summed E-state index contributed by atoms with van der Waals surface area (Å²) >= 11 is 0. The van der Waals surface area contributed by atoms with Gasteiger partial charge in [-0.3, -0.25) is 9.97 Å². The van der Waals surface area contributed by atoms with E-state index in [9.17, 15) is 10.2 Å². The number of nitrogens with zero attached hydrogens (tertiary/aromatic N) is 2. The first-order valence-electron chi connectivity index (χ1n) is 5.81. The Morgan fingerprint density at radius 3 is 1.50 bits per heavy atom. The first-order chi connectivity index (χ1) is 8.65. The minimum Gasteiger partial charge on any atom is -0.392 e. The average Bonchev–Trinajstić information content (AvgIpc) is 2.38. The summed E-state index contributed by atoms with van der Waals surface area (Å²) in [5, 5.41) is 18.7. The van der Waals surface area contributed by atoms with Crippen molar-refractivity contribution < 1.29 is 10.2 Å². The van der Waals surface area contributed by atoms with Crippen LogP contribution in [0.5, 0.6) is 0 Å². The molecular formula is C14H16N2O2. The maximum Gasteiger partial charge on any atom is 0.0948 e. The van der Waals surface area contributed by atoms with Crippen LogP contribution in [0.2, 0.25) is 0 Å². The largest absolute Gasteiger partial charge is 0.392 e. The first-order valence-corrected chi connectivity index (χ1v) is 5.81. The number of aryl methyl sites for hydroxylation is 2. The molecule has 2 heterocycles. The zero-order valence-corrected chi connectivity index (χ0v) is 10.5. The summed E-state index contributed by atoms with van der Waals surface area (Å²) in [6.07, 6.45) is 0. The molecule has 94 valence electrons. The molecule has 2 aromatic heterocycles. The summed E-state index contributed by atoms with van der Waals surface area (Å²) in [7, 11) is 0. The van der Waals surface area contributed by atoms with Crippen molar-refractivity contribution in [1.29, 1.82) is 0 Å². The Labute approximate surface area is 106 Å². The lowest BCUT2D eigenvalue weighted by atomic mass is 10.1. The average molecular weight is 244 g/mol. The molecule has 4 nitrogen and oxygen atoms in total. The highest BCUT2D eigenvalue weighted by Gasteiger charge is 2.12. The van der Waals surface area contributed by atoms with E-state index in [1.807, 2.05) is 38.1 Å². The number of pyridine rings is 2. The van der Waals surface area contributed by atoms with Gasteiger partial charge >= 0.3 is 0 Å². The molecule has 0 aliphatic carbocycles. The fraction of sp³-hybridized carbons (Fsp3) is 0.286. The molecule has 18 heavy (non-hydrogen) atoms. The second-order valence-electron chi connectivity index (χ2n) is 4.24. The number of rotatable bonds is 3. The van der Waals surface area contributed by atoms with Gasteiger partial charge in [-0.25, -0.2) is 0 Å². The van der Waals surface area contributed by atoms with Crippen molar-refractivity contribution >= 4 is 0 Å². The van der Waals surface area contributed by atoms with Crippen LogP contribution < -0.4 is 0 Å². The normalized spacial score (nSPS) is 10.7. The van der Waals surface area contributed by atoms with Crippen LogP contribution in [-0.2, 0) is 13.2 Å². The molecular weight excluding hydrogens is 228 g/mol. The Balaban J connectivity index is 2.67. The van der Waals surface area contributed by atoms with Crippen molar-refractivity contribution in [3.8, 4) is 11.4 Å². The summed E-state index contributed by atoms with van der Waals surface area (Å²) in [4.78, 5) is 8.86. The third-order valence-corrected chi connectivity index (χ3v) is 2.80. The second kappa shape index (κ2) is 5.25. The molecule has 0 amide bonds. The van der Waals surface area contributed by atoms with Crippen LogP contribution in [0.1, 0.15) is 22.5 Å². The summed E-state index contributed by atoms with van der Waals surface area (Å²) in [6.45, 7) is 3.59. The van der Waals surface area contributed by atoms with Crippen LogP contribution in [0, 0.1) is 13.8 Å². The van der Waals surface area contributed by atoms with Gasteiger partial charge in [0.1, 0.15) is 0 Å². The Kier molecular flexibility index (Phi) is 3.69. The van der Waals surface area contributed by atoms with Crippen molar-refractivity contribution in [3.63, 3.8) is 0 Å². The van der Waals surface area contributed by atoms with Gasteiger partial charge in [0.15, 0.2) is 0 Å². The van der Waals surface area contributed by atoms with Crippen LogP contribution in [0.4, 0.5) is 0 Å². The highest BCUT2D eigenvalue weighted by molar-refractivity contribution is 5.63. The maximum atomic E-state index is 9.37. The number of hydrogen-bond acceptors (Lipinski definition) is 4. The molecule has 0 aliphatic heterocycles. The highest BCUT2D eigenvalue weighted by atomic mass is 16.3. The standard InChI is InChI=1S/C14H16N2O2/c1-9-3-5-11(7-17)13(15-9)14-12(8-18)6-4-10(2)16-14/h3-6,17-18H,7-8H2,1-2H3. The molecule has 2 aromatic rings. The van der Waals surface area contributed by atoms with E-state index >= 15 is 0 Å². The SMILES string of the molecule is Cc1ccc(CO)c(-c2nc(C)ccc2CO)n1. The van der Waals surface area contributed by atoms with E-state index in [2.05, 4.69) is 9.97 Å². The Morgan fingerprint density at radius 1 is 0.778 bits per heavy atom. The predicted molar refractivity (Wildman–Crippen MR) is 68.8 cm³/mol. The minimum atomic E-state index is -0.0941. The van der Waals surface area contributed by atoms with E-state index in [1.165, 1.54) is 0 Å². The first kappa shape index (κ1) is 12.7. The van der Waals surface area contributed by atoms with Crippen molar-refractivity contribution in [3.05, 3.63) is 46.8 Å². The minimum absolute atomic E-state index is 0.0941. The molecule has 2 N–H and O–H groups in total. The lowest BCUT2D eigenvalue weighted by Gasteiger charge is -2.11. The molecule has 0 radical (unpaired) electrons. The van der Waals surface area contributed by atoms with E-state index in [-0.39, 0.29) is 13.2 Å². The van der Waals surface area contributed by atoms with E-state index in [1.54, 1.807) is 0 Å². The maximum absolute atomic E-state index is 9.37.